The van der Waals surface area contributed by atoms with Crippen molar-refractivity contribution in [1.29, 1.82) is 0 Å². The topological polar surface area (TPSA) is 38.5 Å². The molecule has 0 aromatic heterocycles. The van der Waals surface area contributed by atoms with Crippen molar-refractivity contribution in [2.75, 3.05) is 19.7 Å². The van der Waals surface area contributed by atoms with E-state index in [1.165, 1.54) is 32.2 Å². The van der Waals surface area contributed by atoms with Gasteiger partial charge in [-0.3, -0.25) is 4.90 Å². The zero-order valence-corrected chi connectivity index (χ0v) is 10.7. The predicted molar refractivity (Wildman–Crippen MR) is 66.4 cm³/mol. The normalized spacial score (nSPS) is 40.7. The van der Waals surface area contributed by atoms with E-state index in [1.54, 1.807) is 0 Å². The van der Waals surface area contributed by atoms with Crippen LogP contribution in [0, 0.1) is 5.92 Å². The molecule has 94 valence electrons. The number of nitrogens with two attached hydrogens (primary N) is 1. The number of hydrogen-bond donors (Lipinski definition) is 1. The Morgan fingerprint density at radius 2 is 2.06 bits per heavy atom. The summed E-state index contributed by atoms with van der Waals surface area (Å²) >= 11 is 0. The zero-order chi connectivity index (χ0) is 11.5. The quantitative estimate of drug-likeness (QED) is 0.791. The van der Waals surface area contributed by atoms with Crippen LogP contribution in [-0.4, -0.2) is 42.8 Å². The van der Waals surface area contributed by atoms with Crippen molar-refractivity contribution in [1.82, 2.24) is 4.90 Å². The van der Waals surface area contributed by atoms with Crippen LogP contribution < -0.4 is 5.73 Å². The maximum absolute atomic E-state index is 5.89. The van der Waals surface area contributed by atoms with Crippen molar-refractivity contribution in [3.05, 3.63) is 0 Å². The highest BCUT2D eigenvalue weighted by Gasteiger charge is 2.38. The molecule has 1 saturated carbocycles. The molecule has 2 aliphatic rings. The SMILES string of the molecule is CCOC1CC(N2CCC(C)CC2CN)C1. The fourth-order valence-electron chi connectivity index (χ4n) is 3.16. The van der Waals surface area contributed by atoms with Gasteiger partial charge in [-0.25, -0.2) is 0 Å². The molecule has 1 heterocycles. The molecule has 0 aromatic carbocycles. The van der Waals surface area contributed by atoms with Crippen LogP contribution in [0.2, 0.25) is 0 Å². The highest BCUT2D eigenvalue weighted by molar-refractivity contribution is 4.93. The molecular weight excluding hydrogens is 200 g/mol. The summed E-state index contributed by atoms with van der Waals surface area (Å²) in [5.74, 6) is 0.854. The summed E-state index contributed by atoms with van der Waals surface area (Å²) in [5, 5.41) is 0. The van der Waals surface area contributed by atoms with Gasteiger partial charge < -0.3 is 10.5 Å². The van der Waals surface area contributed by atoms with E-state index in [0.717, 1.165) is 25.1 Å². The van der Waals surface area contributed by atoms with E-state index in [0.29, 0.717) is 12.1 Å². The first-order valence-corrected chi connectivity index (χ1v) is 6.82. The maximum Gasteiger partial charge on any atom is 0.0604 e. The van der Waals surface area contributed by atoms with Gasteiger partial charge in [0.15, 0.2) is 0 Å². The second kappa shape index (κ2) is 5.48. The van der Waals surface area contributed by atoms with Gasteiger partial charge in [-0.1, -0.05) is 6.92 Å². The lowest BCUT2D eigenvalue weighted by Gasteiger charge is -2.49. The van der Waals surface area contributed by atoms with Crippen LogP contribution in [-0.2, 0) is 4.74 Å². The van der Waals surface area contributed by atoms with E-state index in [-0.39, 0.29) is 0 Å². The van der Waals surface area contributed by atoms with Crippen molar-refractivity contribution in [2.24, 2.45) is 11.7 Å². The molecule has 0 radical (unpaired) electrons. The highest BCUT2D eigenvalue weighted by atomic mass is 16.5. The fraction of sp³-hybridized carbons (Fsp3) is 1.00. The molecule has 3 nitrogen and oxygen atoms in total. The van der Waals surface area contributed by atoms with E-state index >= 15 is 0 Å². The number of ether oxygens (including phenoxy) is 1. The molecule has 2 atom stereocenters. The van der Waals surface area contributed by atoms with Gasteiger partial charge in [0, 0.05) is 25.2 Å². The largest absolute Gasteiger partial charge is 0.378 e. The van der Waals surface area contributed by atoms with E-state index in [2.05, 4.69) is 18.7 Å². The van der Waals surface area contributed by atoms with Gasteiger partial charge in [0.05, 0.1) is 6.10 Å². The smallest absolute Gasteiger partial charge is 0.0604 e. The molecule has 1 aliphatic carbocycles. The van der Waals surface area contributed by atoms with Crippen molar-refractivity contribution in [2.45, 2.75) is 57.7 Å². The lowest BCUT2D eigenvalue weighted by molar-refractivity contribution is -0.0670. The van der Waals surface area contributed by atoms with Crippen molar-refractivity contribution in [3.63, 3.8) is 0 Å². The third-order valence-corrected chi connectivity index (χ3v) is 4.24. The minimum absolute atomic E-state index is 0.521. The van der Waals surface area contributed by atoms with E-state index in [1.807, 2.05) is 0 Å². The van der Waals surface area contributed by atoms with Crippen molar-refractivity contribution < 1.29 is 4.74 Å². The molecule has 3 heteroatoms. The maximum atomic E-state index is 5.89. The molecule has 1 saturated heterocycles. The second-order valence-corrected chi connectivity index (χ2v) is 5.46. The molecule has 0 spiro atoms. The minimum Gasteiger partial charge on any atom is -0.378 e. The number of nitrogens with zero attached hydrogens (tertiary/aromatic N) is 1. The average Bonchev–Trinajstić information content (AvgIpc) is 2.23. The Hall–Kier alpha value is -0.120. The summed E-state index contributed by atoms with van der Waals surface area (Å²) in [6.07, 6.45) is 5.59. The van der Waals surface area contributed by atoms with Gasteiger partial charge >= 0.3 is 0 Å². The van der Waals surface area contributed by atoms with Crippen molar-refractivity contribution in [3.8, 4) is 0 Å². The predicted octanol–water partition coefficient (Wildman–Crippen LogP) is 1.61. The second-order valence-electron chi connectivity index (χ2n) is 5.46. The molecule has 0 aromatic rings. The zero-order valence-electron chi connectivity index (χ0n) is 10.7. The third kappa shape index (κ3) is 2.58. The molecule has 0 amide bonds. The summed E-state index contributed by atoms with van der Waals surface area (Å²) in [4.78, 5) is 2.65. The van der Waals surface area contributed by atoms with Gasteiger partial charge in [-0.05, 0) is 45.1 Å². The van der Waals surface area contributed by atoms with E-state index < -0.39 is 0 Å². The lowest BCUT2D eigenvalue weighted by atomic mass is 9.83. The Labute approximate surface area is 99.3 Å². The Bertz CT molecular complexity index is 216. The van der Waals surface area contributed by atoms with E-state index in [9.17, 15) is 0 Å². The van der Waals surface area contributed by atoms with Gasteiger partial charge in [0.25, 0.3) is 0 Å². The summed E-state index contributed by atoms with van der Waals surface area (Å²) in [7, 11) is 0. The summed E-state index contributed by atoms with van der Waals surface area (Å²) in [6, 6.07) is 1.37. The lowest BCUT2D eigenvalue weighted by Crippen LogP contribution is -2.56. The van der Waals surface area contributed by atoms with Crippen LogP contribution in [0.25, 0.3) is 0 Å². The molecule has 1 aliphatic heterocycles. The number of rotatable bonds is 4. The van der Waals surface area contributed by atoms with Crippen LogP contribution in [0.1, 0.15) is 39.5 Å². The molecule has 16 heavy (non-hydrogen) atoms. The minimum atomic E-state index is 0.521. The Morgan fingerprint density at radius 1 is 1.31 bits per heavy atom. The Morgan fingerprint density at radius 3 is 2.69 bits per heavy atom. The Kier molecular flexibility index (Phi) is 4.22. The number of likely N-dealkylation sites (tertiary alicyclic amines) is 1. The summed E-state index contributed by atoms with van der Waals surface area (Å²) < 4.78 is 5.63. The van der Waals surface area contributed by atoms with Gasteiger partial charge in [0.1, 0.15) is 0 Å². The van der Waals surface area contributed by atoms with Crippen LogP contribution in [0.15, 0.2) is 0 Å². The van der Waals surface area contributed by atoms with Gasteiger partial charge in [-0.2, -0.15) is 0 Å². The standard InChI is InChI=1S/C13H26N2O/c1-3-16-13-7-11(8-13)15-5-4-10(2)6-12(15)9-14/h10-13H,3-9,14H2,1-2H3. The molecular formula is C13H26N2O. The van der Waals surface area contributed by atoms with Crippen LogP contribution in [0.5, 0.6) is 0 Å². The van der Waals surface area contributed by atoms with Crippen LogP contribution >= 0.6 is 0 Å². The first-order chi connectivity index (χ1) is 7.74. The summed E-state index contributed by atoms with van der Waals surface area (Å²) in [5.41, 5.74) is 5.89. The monoisotopic (exact) mass is 226 g/mol. The third-order valence-electron chi connectivity index (χ3n) is 4.24. The molecule has 2 rings (SSSR count). The first-order valence-electron chi connectivity index (χ1n) is 6.82. The van der Waals surface area contributed by atoms with Gasteiger partial charge in [-0.15, -0.1) is 0 Å². The fourth-order valence-corrected chi connectivity index (χ4v) is 3.16. The molecule has 2 N–H and O–H groups in total. The number of hydrogen-bond acceptors (Lipinski definition) is 3. The first kappa shape index (κ1) is 12.3. The number of piperidine rings is 1. The van der Waals surface area contributed by atoms with Crippen LogP contribution in [0.4, 0.5) is 0 Å². The molecule has 0 bridgehead atoms. The van der Waals surface area contributed by atoms with Gasteiger partial charge in [0.2, 0.25) is 0 Å². The molecule has 2 unspecified atom stereocenters. The highest BCUT2D eigenvalue weighted by Crippen LogP contribution is 2.33. The molecule has 2 fully saturated rings. The van der Waals surface area contributed by atoms with E-state index in [4.69, 9.17) is 10.5 Å². The van der Waals surface area contributed by atoms with Crippen molar-refractivity contribution >= 4 is 0 Å². The summed E-state index contributed by atoms with van der Waals surface area (Å²) in [6.45, 7) is 7.35. The van der Waals surface area contributed by atoms with Crippen LogP contribution in [0.3, 0.4) is 0 Å². The average molecular weight is 226 g/mol. The Balaban J connectivity index is 1.80.